The number of carbonyl (C=O) groups is 2. The maximum atomic E-state index is 13.1. The Balaban J connectivity index is 1.30. The number of methoxy groups -OCH3 is 1. The van der Waals surface area contributed by atoms with Crippen molar-refractivity contribution >= 4 is 11.8 Å². The first-order valence-electron chi connectivity index (χ1n) is 12.1. The van der Waals surface area contributed by atoms with Crippen LogP contribution in [-0.2, 0) is 14.3 Å². The molecule has 2 amide bonds. The Morgan fingerprint density at radius 3 is 2.29 bits per heavy atom. The van der Waals surface area contributed by atoms with Crippen LogP contribution in [0.1, 0.15) is 35.4 Å². The average Bonchev–Trinajstić information content (AvgIpc) is 2.89. The third-order valence-corrected chi connectivity index (χ3v) is 7.37. The molecule has 0 bridgehead atoms. The first kappa shape index (κ1) is 23.4. The summed E-state index contributed by atoms with van der Waals surface area (Å²) in [7, 11) is 1.63. The van der Waals surface area contributed by atoms with Crippen LogP contribution in [0.4, 0.5) is 0 Å². The van der Waals surface area contributed by atoms with E-state index in [-0.39, 0.29) is 48.9 Å². The summed E-state index contributed by atoms with van der Waals surface area (Å²) in [6, 6.07) is 15.2. The zero-order valence-corrected chi connectivity index (χ0v) is 19.9. The average molecular weight is 475 g/mol. The van der Waals surface area contributed by atoms with Gasteiger partial charge in [-0.15, -0.1) is 0 Å². The molecule has 3 atom stereocenters. The Bertz CT molecular complexity index is 1130. The number of amides is 2. The summed E-state index contributed by atoms with van der Waals surface area (Å²) < 4.78 is 10.6. The van der Waals surface area contributed by atoms with E-state index in [2.05, 4.69) is 11.8 Å². The molecule has 3 saturated heterocycles. The summed E-state index contributed by atoms with van der Waals surface area (Å²) >= 11 is 0. The highest BCUT2D eigenvalue weighted by Crippen LogP contribution is 2.43. The van der Waals surface area contributed by atoms with Crippen LogP contribution in [0.25, 0.3) is 0 Å². The van der Waals surface area contributed by atoms with Crippen LogP contribution >= 0.6 is 0 Å². The van der Waals surface area contributed by atoms with Crippen LogP contribution in [0.2, 0.25) is 0 Å². The highest BCUT2D eigenvalue weighted by molar-refractivity contribution is 5.88. The molecule has 0 aliphatic carbocycles. The van der Waals surface area contributed by atoms with Gasteiger partial charge in [0.25, 0.3) is 0 Å². The molecule has 3 aliphatic rings. The van der Waals surface area contributed by atoms with Gasteiger partial charge in [0.15, 0.2) is 0 Å². The standard InChI is InChI=1S/C28H30N2O5/c1-34-23-10-6-20(7-11-23)3-2-19-4-8-21(9-5-19)27-24-16-29(17-26(32)30(24)25(27)18-31)28(33)22-12-14-35-15-13-22/h4-11,22,24-25,27,31H,12-18H2,1H3/t24-,25-,27-/m0/s1. The van der Waals surface area contributed by atoms with Crippen molar-refractivity contribution in [2.75, 3.05) is 40.0 Å². The number of nitrogens with zero attached hydrogens (tertiary/aromatic N) is 2. The van der Waals surface area contributed by atoms with Gasteiger partial charge in [0.1, 0.15) is 5.75 Å². The molecule has 3 aliphatic heterocycles. The number of rotatable bonds is 4. The second-order valence-corrected chi connectivity index (χ2v) is 9.35. The lowest BCUT2D eigenvalue weighted by Gasteiger charge is -2.59. The molecule has 3 heterocycles. The zero-order valence-electron chi connectivity index (χ0n) is 19.9. The number of hydrogen-bond donors (Lipinski definition) is 1. The van der Waals surface area contributed by atoms with Crippen LogP contribution in [-0.4, -0.2) is 78.8 Å². The van der Waals surface area contributed by atoms with E-state index in [1.54, 1.807) is 16.9 Å². The quantitative estimate of drug-likeness (QED) is 0.686. The zero-order chi connectivity index (χ0) is 24.4. The van der Waals surface area contributed by atoms with Crippen LogP contribution in [0.15, 0.2) is 48.5 Å². The van der Waals surface area contributed by atoms with Gasteiger partial charge in [-0.1, -0.05) is 24.0 Å². The van der Waals surface area contributed by atoms with Crippen molar-refractivity contribution < 1.29 is 24.2 Å². The fourth-order valence-electron chi connectivity index (χ4n) is 5.48. The number of aliphatic hydroxyl groups excluding tert-OH is 1. The minimum absolute atomic E-state index is 0.0159. The van der Waals surface area contributed by atoms with Crippen molar-refractivity contribution in [2.24, 2.45) is 5.92 Å². The van der Waals surface area contributed by atoms with Crippen LogP contribution < -0.4 is 4.74 Å². The fourth-order valence-corrected chi connectivity index (χ4v) is 5.48. The Kier molecular flexibility index (Phi) is 6.76. The van der Waals surface area contributed by atoms with E-state index in [0.717, 1.165) is 22.4 Å². The molecule has 5 rings (SSSR count). The maximum absolute atomic E-state index is 13.1. The number of hydrogen-bond acceptors (Lipinski definition) is 5. The predicted octanol–water partition coefficient (Wildman–Crippen LogP) is 2.02. The molecule has 3 fully saturated rings. The molecule has 0 saturated carbocycles. The lowest BCUT2D eigenvalue weighted by Crippen LogP contribution is -2.73. The number of aliphatic hydroxyl groups is 1. The van der Waals surface area contributed by atoms with E-state index in [9.17, 15) is 14.7 Å². The van der Waals surface area contributed by atoms with Crippen LogP contribution in [0.3, 0.4) is 0 Å². The van der Waals surface area contributed by atoms with Crippen molar-refractivity contribution in [3.63, 3.8) is 0 Å². The molecule has 0 spiro atoms. The topological polar surface area (TPSA) is 79.3 Å². The van der Waals surface area contributed by atoms with Gasteiger partial charge in [0.05, 0.1) is 32.3 Å². The summed E-state index contributed by atoms with van der Waals surface area (Å²) in [6.45, 7) is 1.69. The van der Waals surface area contributed by atoms with E-state index in [1.807, 2.05) is 48.5 Å². The maximum Gasteiger partial charge on any atom is 0.242 e. The van der Waals surface area contributed by atoms with Gasteiger partial charge in [-0.05, 0) is 54.8 Å². The molecular weight excluding hydrogens is 444 g/mol. The van der Waals surface area contributed by atoms with Crippen LogP contribution in [0, 0.1) is 17.8 Å². The Hall–Kier alpha value is -3.34. The van der Waals surface area contributed by atoms with Crippen molar-refractivity contribution in [2.45, 2.75) is 30.8 Å². The summed E-state index contributed by atoms with van der Waals surface area (Å²) in [5, 5.41) is 10.0. The Labute approximate surface area is 205 Å². The molecule has 7 heteroatoms. The first-order valence-corrected chi connectivity index (χ1v) is 12.1. The molecule has 0 radical (unpaired) electrons. The molecule has 2 aromatic rings. The molecule has 7 nitrogen and oxygen atoms in total. The summed E-state index contributed by atoms with van der Waals surface area (Å²) in [4.78, 5) is 29.4. The third kappa shape index (κ3) is 4.64. The summed E-state index contributed by atoms with van der Waals surface area (Å²) in [5.41, 5.74) is 2.84. The van der Waals surface area contributed by atoms with Gasteiger partial charge in [-0.25, -0.2) is 0 Å². The Morgan fingerprint density at radius 1 is 1.06 bits per heavy atom. The van der Waals surface area contributed by atoms with E-state index >= 15 is 0 Å². The second kappa shape index (κ2) is 10.1. The second-order valence-electron chi connectivity index (χ2n) is 9.35. The molecule has 0 aromatic heterocycles. The fraction of sp³-hybridized carbons (Fsp3) is 0.429. The molecule has 0 unspecified atom stereocenters. The molecule has 182 valence electrons. The number of fused-ring (bicyclic) bond motifs is 1. The lowest BCUT2D eigenvalue weighted by molar-refractivity contribution is -0.169. The minimum atomic E-state index is -0.260. The van der Waals surface area contributed by atoms with Crippen molar-refractivity contribution in [1.82, 2.24) is 9.80 Å². The monoisotopic (exact) mass is 474 g/mol. The van der Waals surface area contributed by atoms with Crippen molar-refractivity contribution in [3.8, 4) is 17.6 Å². The first-order chi connectivity index (χ1) is 17.1. The van der Waals surface area contributed by atoms with Gasteiger partial charge in [-0.2, -0.15) is 0 Å². The smallest absolute Gasteiger partial charge is 0.242 e. The minimum Gasteiger partial charge on any atom is -0.497 e. The van der Waals surface area contributed by atoms with E-state index in [0.29, 0.717) is 32.6 Å². The number of carbonyl (C=O) groups excluding carboxylic acids is 2. The van der Waals surface area contributed by atoms with E-state index < -0.39 is 0 Å². The van der Waals surface area contributed by atoms with Gasteiger partial charge in [0.2, 0.25) is 11.8 Å². The highest BCUT2D eigenvalue weighted by Gasteiger charge is 2.54. The largest absolute Gasteiger partial charge is 0.497 e. The van der Waals surface area contributed by atoms with Gasteiger partial charge >= 0.3 is 0 Å². The van der Waals surface area contributed by atoms with Crippen molar-refractivity contribution in [1.29, 1.82) is 0 Å². The molecule has 2 aromatic carbocycles. The number of piperazine rings is 1. The third-order valence-electron chi connectivity index (χ3n) is 7.37. The lowest BCUT2D eigenvalue weighted by atomic mass is 9.73. The van der Waals surface area contributed by atoms with Gasteiger partial charge < -0.3 is 24.4 Å². The van der Waals surface area contributed by atoms with Crippen molar-refractivity contribution in [3.05, 3.63) is 65.2 Å². The summed E-state index contributed by atoms with van der Waals surface area (Å²) in [5.74, 6) is 7.01. The SMILES string of the molecule is COc1ccc(C#Cc2ccc([C@@H]3[C@H](CO)N4C(=O)CN(C(=O)C5CCOCC5)C[C@@H]34)cc2)cc1. The molecular formula is C28H30N2O5. The van der Waals surface area contributed by atoms with E-state index in [1.165, 1.54) is 0 Å². The number of ether oxygens (including phenoxy) is 2. The molecule has 1 N–H and O–H groups in total. The highest BCUT2D eigenvalue weighted by atomic mass is 16.5. The Morgan fingerprint density at radius 2 is 1.69 bits per heavy atom. The van der Waals surface area contributed by atoms with Gasteiger partial charge in [0, 0.05) is 42.7 Å². The summed E-state index contributed by atoms with van der Waals surface area (Å²) in [6.07, 6.45) is 1.42. The number of benzene rings is 2. The predicted molar refractivity (Wildman–Crippen MR) is 130 cm³/mol. The van der Waals surface area contributed by atoms with Crippen LogP contribution in [0.5, 0.6) is 5.75 Å². The van der Waals surface area contributed by atoms with E-state index in [4.69, 9.17) is 9.47 Å². The van der Waals surface area contributed by atoms with Gasteiger partial charge in [-0.3, -0.25) is 9.59 Å². The normalized spacial score (nSPS) is 24.2. The molecule has 35 heavy (non-hydrogen) atoms.